The summed E-state index contributed by atoms with van der Waals surface area (Å²) in [6, 6.07) is 0. The lowest BCUT2D eigenvalue weighted by molar-refractivity contribution is -0.0766. The lowest BCUT2D eigenvalue weighted by Gasteiger charge is -2.38. The zero-order valence-electron chi connectivity index (χ0n) is 15.9. The van der Waals surface area contributed by atoms with E-state index in [4.69, 9.17) is 14.2 Å². The molecule has 7 nitrogen and oxygen atoms in total. The van der Waals surface area contributed by atoms with Gasteiger partial charge in [-0.3, -0.25) is 9.48 Å². The SMILES string of the molecule is COCCn1nc2c(c1C(=O)N1CCOC(C)(C)C1)C[C@H](C)O[C@@H]2C. The molecule has 0 radical (unpaired) electrons. The Balaban J connectivity index is 1.96. The Labute approximate surface area is 149 Å². The molecule has 140 valence electrons. The molecule has 0 saturated carbocycles. The third kappa shape index (κ3) is 3.73. The van der Waals surface area contributed by atoms with Crippen LogP contribution < -0.4 is 0 Å². The highest BCUT2D eigenvalue weighted by Gasteiger charge is 2.36. The van der Waals surface area contributed by atoms with Crippen molar-refractivity contribution in [2.45, 2.75) is 58.5 Å². The van der Waals surface area contributed by atoms with Gasteiger partial charge in [0.15, 0.2) is 0 Å². The molecule has 3 rings (SSSR count). The molecule has 1 aromatic rings. The van der Waals surface area contributed by atoms with E-state index in [0.29, 0.717) is 45.0 Å². The Morgan fingerprint density at radius 2 is 2.16 bits per heavy atom. The molecule has 2 atom stereocenters. The van der Waals surface area contributed by atoms with E-state index < -0.39 is 0 Å². The summed E-state index contributed by atoms with van der Waals surface area (Å²) in [4.78, 5) is 15.2. The lowest BCUT2D eigenvalue weighted by atomic mass is 9.98. The van der Waals surface area contributed by atoms with Gasteiger partial charge in [0.25, 0.3) is 5.91 Å². The minimum absolute atomic E-state index is 0.0301. The minimum Gasteiger partial charge on any atom is -0.383 e. The maximum absolute atomic E-state index is 13.3. The summed E-state index contributed by atoms with van der Waals surface area (Å²) in [5.41, 5.74) is 2.27. The van der Waals surface area contributed by atoms with Crippen molar-refractivity contribution in [1.29, 1.82) is 0 Å². The maximum Gasteiger partial charge on any atom is 0.272 e. The number of methoxy groups -OCH3 is 1. The second kappa shape index (κ2) is 7.05. The van der Waals surface area contributed by atoms with Crippen molar-refractivity contribution in [3.63, 3.8) is 0 Å². The summed E-state index contributed by atoms with van der Waals surface area (Å²) < 4.78 is 18.6. The fourth-order valence-electron chi connectivity index (χ4n) is 3.71. The molecule has 25 heavy (non-hydrogen) atoms. The first-order chi connectivity index (χ1) is 11.8. The van der Waals surface area contributed by atoms with E-state index in [2.05, 4.69) is 5.10 Å². The van der Waals surface area contributed by atoms with Crippen molar-refractivity contribution in [2.24, 2.45) is 0 Å². The van der Waals surface area contributed by atoms with Crippen LogP contribution in [0.25, 0.3) is 0 Å². The number of fused-ring (bicyclic) bond motifs is 1. The van der Waals surface area contributed by atoms with Crippen LogP contribution in [0.3, 0.4) is 0 Å². The molecule has 3 heterocycles. The van der Waals surface area contributed by atoms with Gasteiger partial charge in [0.1, 0.15) is 5.69 Å². The smallest absolute Gasteiger partial charge is 0.272 e. The molecule has 0 N–H and O–H groups in total. The van der Waals surface area contributed by atoms with Gasteiger partial charge in [-0.05, 0) is 27.7 Å². The molecule has 1 saturated heterocycles. The van der Waals surface area contributed by atoms with Crippen molar-refractivity contribution in [3.05, 3.63) is 17.0 Å². The number of rotatable bonds is 4. The number of morpholine rings is 1. The Kier molecular flexibility index (Phi) is 5.18. The highest BCUT2D eigenvalue weighted by Crippen LogP contribution is 2.32. The first-order valence-corrected chi connectivity index (χ1v) is 8.99. The van der Waals surface area contributed by atoms with Gasteiger partial charge in [0, 0.05) is 32.2 Å². The van der Waals surface area contributed by atoms with Crippen LogP contribution in [0.5, 0.6) is 0 Å². The average molecular weight is 351 g/mol. The molecular weight excluding hydrogens is 322 g/mol. The number of nitrogens with zero attached hydrogens (tertiary/aromatic N) is 3. The largest absolute Gasteiger partial charge is 0.383 e. The maximum atomic E-state index is 13.3. The molecule has 0 aromatic carbocycles. The number of ether oxygens (including phenoxy) is 3. The van der Waals surface area contributed by atoms with Crippen LogP contribution in [0.4, 0.5) is 0 Å². The molecule has 1 fully saturated rings. The van der Waals surface area contributed by atoms with Crippen LogP contribution in [0.2, 0.25) is 0 Å². The molecule has 0 bridgehead atoms. The van der Waals surface area contributed by atoms with Crippen LogP contribution in [0.15, 0.2) is 0 Å². The van der Waals surface area contributed by atoms with Crippen LogP contribution in [-0.2, 0) is 27.2 Å². The van der Waals surface area contributed by atoms with Crippen LogP contribution >= 0.6 is 0 Å². The second-order valence-corrected chi connectivity index (χ2v) is 7.56. The van der Waals surface area contributed by atoms with E-state index >= 15 is 0 Å². The van der Waals surface area contributed by atoms with E-state index in [-0.39, 0.29) is 23.7 Å². The molecular formula is C18H29N3O4. The van der Waals surface area contributed by atoms with E-state index in [0.717, 1.165) is 11.3 Å². The standard InChI is InChI=1S/C18H29N3O4/c1-12-10-14-15(13(2)25-12)19-21(7-8-23-5)16(14)17(22)20-6-9-24-18(3,4)11-20/h12-13H,6-11H2,1-5H3/t12-,13+/m0/s1. The summed E-state index contributed by atoms with van der Waals surface area (Å²) in [5, 5.41) is 4.69. The molecule has 2 aliphatic heterocycles. The van der Waals surface area contributed by atoms with Gasteiger partial charge in [-0.15, -0.1) is 0 Å². The highest BCUT2D eigenvalue weighted by molar-refractivity contribution is 5.94. The quantitative estimate of drug-likeness (QED) is 0.828. The number of carbonyl (C=O) groups excluding carboxylic acids is 1. The van der Waals surface area contributed by atoms with Gasteiger partial charge in [-0.1, -0.05) is 0 Å². The first-order valence-electron chi connectivity index (χ1n) is 8.99. The van der Waals surface area contributed by atoms with Crippen molar-refractivity contribution in [3.8, 4) is 0 Å². The van der Waals surface area contributed by atoms with Crippen molar-refractivity contribution < 1.29 is 19.0 Å². The summed E-state index contributed by atoms with van der Waals surface area (Å²) in [7, 11) is 1.66. The molecule has 2 aliphatic rings. The van der Waals surface area contributed by atoms with Crippen molar-refractivity contribution in [2.75, 3.05) is 33.4 Å². The number of amides is 1. The third-order valence-electron chi connectivity index (χ3n) is 4.82. The van der Waals surface area contributed by atoms with E-state index in [9.17, 15) is 4.79 Å². The molecule has 7 heteroatoms. The summed E-state index contributed by atoms with van der Waals surface area (Å²) in [6.07, 6.45) is 0.687. The highest BCUT2D eigenvalue weighted by atomic mass is 16.5. The van der Waals surface area contributed by atoms with Gasteiger partial charge >= 0.3 is 0 Å². The predicted octanol–water partition coefficient (Wildman–Crippen LogP) is 1.80. The molecule has 0 unspecified atom stereocenters. The molecule has 1 aromatic heterocycles. The van der Waals surface area contributed by atoms with Gasteiger partial charge in [0.05, 0.1) is 43.3 Å². The Hall–Kier alpha value is -1.44. The number of carbonyl (C=O) groups is 1. The topological polar surface area (TPSA) is 65.8 Å². The summed E-state index contributed by atoms with van der Waals surface area (Å²) in [5.74, 6) is 0.0301. The van der Waals surface area contributed by atoms with Crippen molar-refractivity contribution in [1.82, 2.24) is 14.7 Å². The summed E-state index contributed by atoms with van der Waals surface area (Å²) in [6.45, 7) is 10.9. The van der Waals surface area contributed by atoms with E-state index in [1.54, 1.807) is 11.8 Å². The van der Waals surface area contributed by atoms with Gasteiger partial charge in [0.2, 0.25) is 0 Å². The van der Waals surface area contributed by atoms with Crippen LogP contribution in [0, 0.1) is 0 Å². The zero-order valence-corrected chi connectivity index (χ0v) is 15.9. The van der Waals surface area contributed by atoms with E-state index in [1.807, 2.05) is 32.6 Å². The van der Waals surface area contributed by atoms with Gasteiger partial charge in [-0.2, -0.15) is 5.10 Å². The fourth-order valence-corrected chi connectivity index (χ4v) is 3.71. The summed E-state index contributed by atoms with van der Waals surface area (Å²) >= 11 is 0. The Morgan fingerprint density at radius 1 is 1.40 bits per heavy atom. The zero-order chi connectivity index (χ0) is 18.2. The molecule has 0 spiro atoms. The average Bonchev–Trinajstić information content (AvgIpc) is 2.89. The first kappa shape index (κ1) is 18.4. The Bertz CT molecular complexity index is 641. The Morgan fingerprint density at radius 3 is 2.84 bits per heavy atom. The fraction of sp³-hybridized carbons (Fsp3) is 0.778. The monoisotopic (exact) mass is 351 g/mol. The number of hydrogen-bond donors (Lipinski definition) is 0. The van der Waals surface area contributed by atoms with Crippen molar-refractivity contribution >= 4 is 5.91 Å². The number of hydrogen-bond acceptors (Lipinski definition) is 5. The molecule has 0 aliphatic carbocycles. The normalized spacial score (nSPS) is 25.7. The van der Waals surface area contributed by atoms with Crippen LogP contribution in [-0.4, -0.2) is 65.7 Å². The van der Waals surface area contributed by atoms with Gasteiger partial charge in [-0.25, -0.2) is 0 Å². The van der Waals surface area contributed by atoms with E-state index in [1.165, 1.54) is 0 Å². The molecule has 1 amide bonds. The van der Waals surface area contributed by atoms with Gasteiger partial charge < -0.3 is 19.1 Å². The second-order valence-electron chi connectivity index (χ2n) is 7.56. The number of aromatic nitrogens is 2. The predicted molar refractivity (Wildman–Crippen MR) is 92.7 cm³/mol. The van der Waals surface area contributed by atoms with Crippen LogP contribution in [0.1, 0.15) is 55.5 Å². The third-order valence-corrected chi connectivity index (χ3v) is 4.82. The minimum atomic E-state index is -0.324. The lowest BCUT2D eigenvalue weighted by Crippen LogP contribution is -2.51.